The molecule has 0 aliphatic carbocycles. The van der Waals surface area contributed by atoms with Gasteiger partial charge in [-0.2, -0.15) is 0 Å². The molecule has 18 nitrogen and oxygen atoms in total. The monoisotopic (exact) mass is 875 g/mol. The lowest BCUT2D eigenvalue weighted by Crippen LogP contribution is -2.58. The van der Waals surface area contributed by atoms with Crippen LogP contribution in [0.5, 0.6) is 5.75 Å². The fourth-order valence-corrected chi connectivity index (χ4v) is 7.79. The fourth-order valence-electron chi connectivity index (χ4n) is 7.40. The number of nitrogens with two attached hydrogens (primary N) is 1. The molecule has 332 valence electrons. The first-order valence-corrected chi connectivity index (χ1v) is 21.9. The molecule has 62 heavy (non-hydrogen) atoms. The van der Waals surface area contributed by atoms with Crippen LogP contribution in [0.3, 0.4) is 0 Å². The number of amides is 6. The molecule has 2 aliphatic heterocycles. The van der Waals surface area contributed by atoms with E-state index in [-0.39, 0.29) is 64.2 Å². The van der Waals surface area contributed by atoms with Crippen LogP contribution in [-0.2, 0) is 63.9 Å². The van der Waals surface area contributed by atoms with Gasteiger partial charge in [-0.05, 0) is 60.1 Å². The molecule has 0 radical (unpaired) electrons. The molecule has 0 aromatic heterocycles. The van der Waals surface area contributed by atoms with Crippen LogP contribution in [0.1, 0.15) is 41.5 Å². The van der Waals surface area contributed by atoms with E-state index < -0.39 is 60.8 Å². The maximum absolute atomic E-state index is 14.7. The van der Waals surface area contributed by atoms with Crippen LogP contribution in [0, 0.1) is 5.41 Å². The normalized spacial score (nSPS) is 21.4. The lowest BCUT2D eigenvalue weighted by atomic mass is 9.74. The number of phosphoric ester groups is 1. The molecule has 2 bridgehead atoms. The highest BCUT2D eigenvalue weighted by Gasteiger charge is 2.44. The Balaban J connectivity index is 1.47. The Morgan fingerprint density at radius 3 is 2.34 bits per heavy atom. The summed E-state index contributed by atoms with van der Waals surface area (Å²) in [5.74, 6) is -3.22. The van der Waals surface area contributed by atoms with E-state index in [0.717, 1.165) is 17.7 Å². The molecule has 6 amide bonds. The van der Waals surface area contributed by atoms with Gasteiger partial charge in [0.15, 0.2) is 0 Å². The Labute approximate surface area is 359 Å². The van der Waals surface area contributed by atoms with Crippen molar-refractivity contribution in [3.8, 4) is 5.75 Å². The number of carbonyl (C=O) groups is 6. The van der Waals surface area contributed by atoms with E-state index in [2.05, 4.69) is 31.1 Å². The molecule has 3 aromatic rings. The first-order valence-electron chi connectivity index (χ1n) is 20.4. The van der Waals surface area contributed by atoms with Gasteiger partial charge in [0, 0.05) is 57.8 Å². The number of phosphoric acid groups is 1. The predicted octanol–water partition coefficient (Wildman–Crippen LogP) is 0.548. The number of rotatable bonds is 12. The highest BCUT2D eigenvalue weighted by molar-refractivity contribution is 7.46. The lowest BCUT2D eigenvalue weighted by Gasteiger charge is -2.42. The largest absolute Gasteiger partial charge is 0.524 e. The number of carbonyl (C=O) groups excluding carboxylic acids is 6. The van der Waals surface area contributed by atoms with E-state index in [1.165, 1.54) is 29.2 Å². The maximum Gasteiger partial charge on any atom is 0.524 e. The van der Waals surface area contributed by atoms with Crippen molar-refractivity contribution in [1.29, 1.82) is 0 Å². The zero-order chi connectivity index (χ0) is 44.5. The quantitative estimate of drug-likeness (QED) is 0.0917. The van der Waals surface area contributed by atoms with Gasteiger partial charge in [0.1, 0.15) is 17.8 Å². The standard InChI is InChI=1S/C43H54N7O11P/c44-19-23-60-24-21-46-40(54)35-17-20-45-37(51)15-16-39(53)50-22-6-18-43(29-50,27-31-7-2-1-3-8-31)42(56)49-36(25-30-11-13-34(14-12-30)61-62(57,58)59)41(55)47-28-33-10-5-4-9-32(33)26-38(52)48-35/h1-5,7-16,35-36H,6,17-29,44H2,(H,45,51)(H,46,54)(H,47,55)(H,48,52)(H,49,56)(H2,57,58,59)/b16-15+/t35-,36-,43-/m0/s1. The molecule has 3 atom stereocenters. The van der Waals surface area contributed by atoms with Gasteiger partial charge in [0.2, 0.25) is 35.4 Å². The van der Waals surface area contributed by atoms with Gasteiger partial charge in [-0.15, -0.1) is 0 Å². The van der Waals surface area contributed by atoms with Crippen molar-refractivity contribution in [3.63, 3.8) is 0 Å². The minimum absolute atomic E-state index is 0.0115. The van der Waals surface area contributed by atoms with Gasteiger partial charge >= 0.3 is 7.82 Å². The van der Waals surface area contributed by atoms with E-state index in [4.69, 9.17) is 10.5 Å². The summed E-state index contributed by atoms with van der Waals surface area (Å²) in [7, 11) is -4.83. The minimum Gasteiger partial charge on any atom is -0.404 e. The molecule has 9 N–H and O–H groups in total. The first-order chi connectivity index (χ1) is 29.7. The smallest absolute Gasteiger partial charge is 0.404 e. The SMILES string of the molecule is NCCOCCNC(=O)[C@@H]1CCNC(=O)/C=C/C(=O)N2CCC[C@](Cc3ccccc3)(C2)C(=O)N[C@@H](Cc2ccc(OP(=O)(O)O)cc2)C(=O)NCc2ccccc2CC(=O)N1. The van der Waals surface area contributed by atoms with Crippen LogP contribution >= 0.6 is 7.82 Å². The Morgan fingerprint density at radius 1 is 0.887 bits per heavy atom. The summed E-state index contributed by atoms with van der Waals surface area (Å²) in [5.41, 5.74) is 6.81. The van der Waals surface area contributed by atoms with Crippen LogP contribution in [0.2, 0.25) is 0 Å². The third kappa shape index (κ3) is 14.6. The Bertz CT molecular complexity index is 2120. The van der Waals surface area contributed by atoms with Crippen LogP contribution in [0.4, 0.5) is 0 Å². The molecule has 0 unspecified atom stereocenters. The highest BCUT2D eigenvalue weighted by Crippen LogP contribution is 2.38. The molecule has 0 spiro atoms. The second-order valence-corrected chi connectivity index (χ2v) is 16.3. The zero-order valence-corrected chi connectivity index (χ0v) is 35.1. The summed E-state index contributed by atoms with van der Waals surface area (Å²) in [6.07, 6.45) is 3.11. The summed E-state index contributed by atoms with van der Waals surface area (Å²) < 4.78 is 21.4. The number of hydrogen-bond donors (Lipinski definition) is 8. The number of hydrogen-bond acceptors (Lipinski definition) is 10. The third-order valence-electron chi connectivity index (χ3n) is 10.5. The average molecular weight is 876 g/mol. The van der Waals surface area contributed by atoms with Crippen LogP contribution in [0.15, 0.2) is 91.0 Å². The van der Waals surface area contributed by atoms with Crippen molar-refractivity contribution in [2.45, 2.75) is 57.2 Å². The molecule has 1 fully saturated rings. The molecule has 2 aliphatic rings. The Kier molecular flexibility index (Phi) is 17.3. The Morgan fingerprint density at radius 2 is 1.61 bits per heavy atom. The second kappa shape index (κ2) is 22.8. The zero-order valence-electron chi connectivity index (χ0n) is 34.3. The Hall–Kier alpha value is -5.91. The summed E-state index contributed by atoms with van der Waals surface area (Å²) in [4.78, 5) is 102. The van der Waals surface area contributed by atoms with Gasteiger partial charge in [0.05, 0.1) is 25.0 Å². The topological polar surface area (TPSA) is 268 Å². The van der Waals surface area contributed by atoms with Crippen LogP contribution in [0.25, 0.3) is 0 Å². The molecular formula is C43H54N7O11P. The number of fused-ring (bicyclic) bond motifs is 3. The van der Waals surface area contributed by atoms with Crippen molar-refractivity contribution >= 4 is 43.3 Å². The van der Waals surface area contributed by atoms with Crippen molar-refractivity contribution < 1.29 is 52.4 Å². The fraction of sp³-hybridized carbons (Fsp3) is 0.395. The molecular weight excluding hydrogens is 821 g/mol. The molecule has 5 rings (SSSR count). The van der Waals surface area contributed by atoms with Gasteiger partial charge < -0.3 is 46.5 Å². The number of nitrogens with one attached hydrogen (secondary N) is 5. The van der Waals surface area contributed by atoms with Gasteiger partial charge in [-0.3, -0.25) is 38.6 Å². The summed E-state index contributed by atoms with van der Waals surface area (Å²) in [6, 6.07) is 19.8. The van der Waals surface area contributed by atoms with Crippen molar-refractivity contribution in [3.05, 3.63) is 113 Å². The number of nitrogens with zero attached hydrogens (tertiary/aromatic N) is 1. The van der Waals surface area contributed by atoms with Crippen molar-refractivity contribution in [2.24, 2.45) is 11.1 Å². The van der Waals surface area contributed by atoms with Crippen molar-refractivity contribution in [2.75, 3.05) is 45.9 Å². The van der Waals surface area contributed by atoms with Gasteiger partial charge in [0.25, 0.3) is 0 Å². The number of benzene rings is 3. The van der Waals surface area contributed by atoms with E-state index in [0.29, 0.717) is 49.2 Å². The molecule has 1 saturated heterocycles. The highest BCUT2D eigenvalue weighted by atomic mass is 31.2. The van der Waals surface area contributed by atoms with Gasteiger partial charge in [-0.25, -0.2) is 4.57 Å². The minimum atomic E-state index is -4.83. The average Bonchev–Trinajstić information content (AvgIpc) is 3.24. The molecule has 19 heteroatoms. The van der Waals surface area contributed by atoms with Crippen LogP contribution in [-0.4, -0.2) is 108 Å². The van der Waals surface area contributed by atoms with Crippen LogP contribution < -0.4 is 36.8 Å². The maximum atomic E-state index is 14.7. The number of ether oxygens (including phenoxy) is 1. The van der Waals surface area contributed by atoms with Gasteiger partial charge in [-0.1, -0.05) is 66.7 Å². The van der Waals surface area contributed by atoms with E-state index in [1.807, 2.05) is 30.3 Å². The summed E-state index contributed by atoms with van der Waals surface area (Å²) >= 11 is 0. The van der Waals surface area contributed by atoms with E-state index in [1.54, 1.807) is 24.3 Å². The lowest BCUT2D eigenvalue weighted by molar-refractivity contribution is -0.141. The predicted molar refractivity (Wildman–Crippen MR) is 227 cm³/mol. The van der Waals surface area contributed by atoms with E-state index >= 15 is 0 Å². The van der Waals surface area contributed by atoms with Crippen molar-refractivity contribution in [1.82, 2.24) is 31.5 Å². The summed E-state index contributed by atoms with van der Waals surface area (Å²) in [5, 5.41) is 14.0. The molecule has 3 aromatic carbocycles. The van der Waals surface area contributed by atoms with E-state index in [9.17, 15) is 43.1 Å². The number of piperidine rings is 1. The molecule has 2 heterocycles. The molecule has 0 saturated carbocycles. The second-order valence-electron chi connectivity index (χ2n) is 15.2. The summed E-state index contributed by atoms with van der Waals surface area (Å²) in [6.45, 7) is 1.24. The third-order valence-corrected chi connectivity index (χ3v) is 10.9. The first kappa shape index (κ1) is 47.1.